The van der Waals surface area contributed by atoms with E-state index in [2.05, 4.69) is 10.3 Å². The molecule has 0 atom stereocenters. The van der Waals surface area contributed by atoms with E-state index >= 15 is 0 Å². The van der Waals surface area contributed by atoms with Crippen molar-refractivity contribution in [3.63, 3.8) is 0 Å². The average molecular weight is 272 g/mol. The lowest BCUT2D eigenvalue weighted by Gasteiger charge is -2.07. The van der Waals surface area contributed by atoms with Crippen molar-refractivity contribution in [3.8, 4) is 0 Å². The number of hydrogen-bond donors (Lipinski definition) is 2. The Bertz CT molecular complexity index is 620. The number of nitrogens with zero attached hydrogens (tertiary/aromatic N) is 1. The molecule has 1 heterocycles. The van der Waals surface area contributed by atoms with Crippen LogP contribution in [0.3, 0.4) is 0 Å². The quantitative estimate of drug-likeness (QED) is 0.790. The number of unbranched alkanes of at least 4 members (excludes halogenated alkanes) is 1. The predicted octanol–water partition coefficient (Wildman–Crippen LogP) is 2.22. The number of carbonyl (C=O) groups excluding carboxylic acids is 1. The fourth-order valence-electron chi connectivity index (χ4n) is 1.99. The third-order valence-electron chi connectivity index (χ3n) is 2.98. The third kappa shape index (κ3) is 3.54. The van der Waals surface area contributed by atoms with Crippen molar-refractivity contribution in [1.82, 2.24) is 10.3 Å². The number of aliphatic carboxylic acids is 1. The van der Waals surface area contributed by atoms with Gasteiger partial charge in [-0.25, -0.2) is 0 Å². The lowest BCUT2D eigenvalue weighted by Crippen LogP contribution is -2.24. The number of para-hydroxylation sites is 1. The standard InChI is InChI=1S/C15H16N2O3/c18-13(19)8-1-2-9-17-15(20)12-7-3-5-11-6-4-10-16-14(11)12/h3-7,10H,1-2,8-9H2,(H,17,20)(H,18,19). The molecular weight excluding hydrogens is 256 g/mol. The van der Waals surface area contributed by atoms with Crippen LogP contribution >= 0.6 is 0 Å². The summed E-state index contributed by atoms with van der Waals surface area (Å²) in [5, 5.41) is 12.2. The van der Waals surface area contributed by atoms with Gasteiger partial charge in [-0.15, -0.1) is 0 Å². The van der Waals surface area contributed by atoms with Gasteiger partial charge in [-0.3, -0.25) is 14.6 Å². The summed E-state index contributed by atoms with van der Waals surface area (Å²) in [6.07, 6.45) is 3.00. The molecule has 5 heteroatoms. The molecule has 1 aromatic carbocycles. The lowest BCUT2D eigenvalue weighted by atomic mass is 10.1. The number of carbonyl (C=O) groups is 2. The molecule has 104 valence electrons. The molecule has 1 aromatic heterocycles. The van der Waals surface area contributed by atoms with Crippen LogP contribution in [-0.2, 0) is 4.79 Å². The topological polar surface area (TPSA) is 79.3 Å². The van der Waals surface area contributed by atoms with Crippen molar-refractivity contribution in [3.05, 3.63) is 42.1 Å². The maximum Gasteiger partial charge on any atom is 0.303 e. The average Bonchev–Trinajstić information content (AvgIpc) is 2.45. The highest BCUT2D eigenvalue weighted by Gasteiger charge is 2.09. The van der Waals surface area contributed by atoms with Crippen molar-refractivity contribution in [2.45, 2.75) is 19.3 Å². The van der Waals surface area contributed by atoms with Crippen molar-refractivity contribution in [2.75, 3.05) is 6.54 Å². The summed E-state index contributed by atoms with van der Waals surface area (Å²) in [7, 11) is 0. The van der Waals surface area contributed by atoms with Crippen LogP contribution in [0, 0.1) is 0 Å². The fraction of sp³-hybridized carbons (Fsp3) is 0.267. The summed E-state index contributed by atoms with van der Waals surface area (Å²) in [6.45, 7) is 0.468. The maximum absolute atomic E-state index is 12.1. The van der Waals surface area contributed by atoms with Crippen LogP contribution in [0.5, 0.6) is 0 Å². The van der Waals surface area contributed by atoms with Crippen molar-refractivity contribution >= 4 is 22.8 Å². The molecule has 1 amide bonds. The van der Waals surface area contributed by atoms with E-state index in [1.807, 2.05) is 24.3 Å². The summed E-state index contributed by atoms with van der Waals surface area (Å²) in [5.74, 6) is -0.987. The molecule has 0 fully saturated rings. The van der Waals surface area contributed by atoms with Gasteiger partial charge in [-0.1, -0.05) is 18.2 Å². The minimum absolute atomic E-state index is 0.131. The number of carboxylic acids is 1. The van der Waals surface area contributed by atoms with Gasteiger partial charge >= 0.3 is 5.97 Å². The number of nitrogens with one attached hydrogen (secondary N) is 1. The van der Waals surface area contributed by atoms with E-state index in [4.69, 9.17) is 5.11 Å². The summed E-state index contributed by atoms with van der Waals surface area (Å²) >= 11 is 0. The number of aromatic nitrogens is 1. The maximum atomic E-state index is 12.1. The first-order chi connectivity index (χ1) is 9.68. The Hall–Kier alpha value is -2.43. The lowest BCUT2D eigenvalue weighted by molar-refractivity contribution is -0.137. The van der Waals surface area contributed by atoms with E-state index in [1.165, 1.54) is 0 Å². The smallest absolute Gasteiger partial charge is 0.303 e. The van der Waals surface area contributed by atoms with Crippen LogP contribution in [0.15, 0.2) is 36.5 Å². The van der Waals surface area contributed by atoms with Crippen LogP contribution in [-0.4, -0.2) is 28.5 Å². The monoisotopic (exact) mass is 272 g/mol. The summed E-state index contributed by atoms with van der Waals surface area (Å²) < 4.78 is 0. The van der Waals surface area contributed by atoms with Gasteiger partial charge in [0.25, 0.3) is 5.91 Å². The Labute approximate surface area is 116 Å². The summed E-state index contributed by atoms with van der Waals surface area (Å²) in [5.41, 5.74) is 1.22. The molecule has 0 radical (unpaired) electrons. The molecule has 2 rings (SSSR count). The molecule has 0 aliphatic rings. The molecule has 0 unspecified atom stereocenters. The van der Waals surface area contributed by atoms with Gasteiger partial charge in [-0.2, -0.15) is 0 Å². The van der Waals surface area contributed by atoms with Crippen LogP contribution in [0.1, 0.15) is 29.6 Å². The van der Waals surface area contributed by atoms with Gasteiger partial charge in [0, 0.05) is 24.5 Å². The van der Waals surface area contributed by atoms with E-state index in [0.29, 0.717) is 30.5 Å². The van der Waals surface area contributed by atoms with Gasteiger partial charge in [-0.05, 0) is 25.0 Å². The van der Waals surface area contributed by atoms with Crippen molar-refractivity contribution in [2.24, 2.45) is 0 Å². The largest absolute Gasteiger partial charge is 0.481 e. The minimum Gasteiger partial charge on any atom is -0.481 e. The number of benzene rings is 1. The van der Waals surface area contributed by atoms with E-state index < -0.39 is 5.97 Å². The second kappa shape index (κ2) is 6.65. The Morgan fingerprint density at radius 1 is 1.15 bits per heavy atom. The molecule has 20 heavy (non-hydrogen) atoms. The second-order valence-corrected chi connectivity index (χ2v) is 4.49. The molecular formula is C15H16N2O3. The Morgan fingerprint density at radius 3 is 2.75 bits per heavy atom. The minimum atomic E-state index is -0.811. The first-order valence-electron chi connectivity index (χ1n) is 6.52. The fourth-order valence-corrected chi connectivity index (χ4v) is 1.99. The number of carboxylic acid groups (broad SMARTS) is 1. The van der Waals surface area contributed by atoms with E-state index in [1.54, 1.807) is 12.3 Å². The zero-order valence-electron chi connectivity index (χ0n) is 11.0. The predicted molar refractivity (Wildman–Crippen MR) is 75.6 cm³/mol. The van der Waals surface area contributed by atoms with Crippen LogP contribution in [0.4, 0.5) is 0 Å². The third-order valence-corrected chi connectivity index (χ3v) is 2.98. The van der Waals surface area contributed by atoms with Gasteiger partial charge in [0.2, 0.25) is 0 Å². The molecule has 0 aliphatic heterocycles. The van der Waals surface area contributed by atoms with Gasteiger partial charge in [0.05, 0.1) is 11.1 Å². The first-order valence-corrected chi connectivity index (χ1v) is 6.52. The summed E-state index contributed by atoms with van der Waals surface area (Å²) in [6, 6.07) is 9.21. The summed E-state index contributed by atoms with van der Waals surface area (Å²) in [4.78, 5) is 26.7. The molecule has 0 saturated heterocycles. The highest BCUT2D eigenvalue weighted by atomic mass is 16.4. The van der Waals surface area contributed by atoms with Crippen LogP contribution < -0.4 is 5.32 Å². The van der Waals surface area contributed by atoms with Crippen LogP contribution in [0.2, 0.25) is 0 Å². The first kappa shape index (κ1) is 14.0. The molecule has 0 saturated carbocycles. The SMILES string of the molecule is O=C(O)CCCCNC(=O)c1cccc2cccnc12. The van der Waals surface area contributed by atoms with Gasteiger partial charge < -0.3 is 10.4 Å². The molecule has 2 N–H and O–H groups in total. The normalized spacial score (nSPS) is 10.4. The van der Waals surface area contributed by atoms with Crippen LogP contribution in [0.25, 0.3) is 10.9 Å². The number of amides is 1. The van der Waals surface area contributed by atoms with E-state index in [-0.39, 0.29) is 12.3 Å². The Kier molecular flexibility index (Phi) is 4.65. The van der Waals surface area contributed by atoms with Gasteiger partial charge in [0.1, 0.15) is 0 Å². The number of rotatable bonds is 6. The van der Waals surface area contributed by atoms with Crippen molar-refractivity contribution < 1.29 is 14.7 Å². The van der Waals surface area contributed by atoms with E-state index in [0.717, 1.165) is 5.39 Å². The zero-order valence-corrected chi connectivity index (χ0v) is 11.0. The van der Waals surface area contributed by atoms with Gasteiger partial charge in [0.15, 0.2) is 0 Å². The molecule has 5 nitrogen and oxygen atoms in total. The highest BCUT2D eigenvalue weighted by Crippen LogP contribution is 2.15. The highest BCUT2D eigenvalue weighted by molar-refractivity contribution is 6.05. The number of fused-ring (bicyclic) bond motifs is 1. The molecule has 0 bridgehead atoms. The second-order valence-electron chi connectivity index (χ2n) is 4.49. The molecule has 0 spiro atoms. The molecule has 0 aliphatic carbocycles. The molecule has 2 aromatic rings. The van der Waals surface area contributed by atoms with E-state index in [9.17, 15) is 9.59 Å². The number of pyridine rings is 1. The Balaban J connectivity index is 1.96. The zero-order chi connectivity index (χ0) is 14.4. The number of hydrogen-bond acceptors (Lipinski definition) is 3. The van der Waals surface area contributed by atoms with Crippen molar-refractivity contribution in [1.29, 1.82) is 0 Å². The Morgan fingerprint density at radius 2 is 1.95 bits per heavy atom.